The van der Waals surface area contributed by atoms with Crippen LogP contribution in [0.3, 0.4) is 0 Å². The fraction of sp³-hybridized carbons (Fsp3) is 0.308. The van der Waals surface area contributed by atoms with Gasteiger partial charge in [-0.25, -0.2) is 4.98 Å². The Morgan fingerprint density at radius 3 is 3.00 bits per heavy atom. The number of phenols is 1. The van der Waals surface area contributed by atoms with Gasteiger partial charge in [-0.15, -0.1) is 0 Å². The number of aromatic hydroxyl groups is 1. The van der Waals surface area contributed by atoms with Gasteiger partial charge in [0.15, 0.2) is 0 Å². The van der Waals surface area contributed by atoms with Crippen molar-refractivity contribution >= 4 is 11.6 Å². The number of benzene rings is 1. The Kier molecular flexibility index (Phi) is 4.61. The SMILES string of the molecule is Oc1cccc(Cl)c1CNCCCn1ccnc1. The maximum atomic E-state index is 9.66. The fourth-order valence-corrected chi connectivity index (χ4v) is 1.98. The van der Waals surface area contributed by atoms with E-state index in [0.717, 1.165) is 25.1 Å². The molecule has 0 aliphatic carbocycles. The van der Waals surface area contributed by atoms with Crippen molar-refractivity contribution in [3.05, 3.63) is 47.5 Å². The lowest BCUT2D eigenvalue weighted by Gasteiger charge is -2.08. The second-order valence-electron chi connectivity index (χ2n) is 4.07. The van der Waals surface area contributed by atoms with E-state index in [4.69, 9.17) is 11.6 Å². The average Bonchev–Trinajstić information content (AvgIpc) is 2.85. The lowest BCUT2D eigenvalue weighted by atomic mass is 10.2. The highest BCUT2D eigenvalue weighted by Gasteiger charge is 2.04. The zero-order valence-electron chi connectivity index (χ0n) is 10.0. The third-order valence-corrected chi connectivity index (χ3v) is 3.08. The second-order valence-corrected chi connectivity index (χ2v) is 4.48. The van der Waals surface area contributed by atoms with E-state index in [1.54, 1.807) is 30.7 Å². The quantitative estimate of drug-likeness (QED) is 0.789. The topological polar surface area (TPSA) is 50.1 Å². The third kappa shape index (κ3) is 3.48. The summed E-state index contributed by atoms with van der Waals surface area (Å²) in [5.41, 5.74) is 0.752. The Morgan fingerprint density at radius 2 is 2.28 bits per heavy atom. The minimum atomic E-state index is 0.240. The van der Waals surface area contributed by atoms with Crippen molar-refractivity contribution in [2.24, 2.45) is 0 Å². The first-order valence-electron chi connectivity index (χ1n) is 5.90. The molecule has 2 N–H and O–H groups in total. The molecule has 0 aliphatic rings. The molecule has 4 nitrogen and oxygen atoms in total. The highest BCUT2D eigenvalue weighted by Crippen LogP contribution is 2.24. The monoisotopic (exact) mass is 265 g/mol. The van der Waals surface area contributed by atoms with Gasteiger partial charge in [0.05, 0.1) is 6.33 Å². The minimum absolute atomic E-state index is 0.240. The number of nitrogens with one attached hydrogen (secondary N) is 1. The standard InChI is InChI=1S/C13H16ClN3O/c14-12-3-1-4-13(18)11(12)9-15-5-2-7-17-8-6-16-10-17/h1,3-4,6,8,10,15,18H,2,5,7,9H2. The van der Waals surface area contributed by atoms with Crippen LogP contribution in [0.25, 0.3) is 0 Å². The van der Waals surface area contributed by atoms with Gasteiger partial charge in [-0.3, -0.25) is 0 Å². The van der Waals surface area contributed by atoms with Gasteiger partial charge in [-0.2, -0.15) is 0 Å². The molecule has 0 saturated carbocycles. The van der Waals surface area contributed by atoms with E-state index in [2.05, 4.69) is 10.3 Å². The number of aryl methyl sites for hydroxylation is 1. The number of aromatic nitrogens is 2. The highest BCUT2D eigenvalue weighted by atomic mass is 35.5. The van der Waals surface area contributed by atoms with Crippen LogP contribution in [0, 0.1) is 0 Å². The van der Waals surface area contributed by atoms with Crippen LogP contribution >= 0.6 is 11.6 Å². The molecule has 0 aliphatic heterocycles. The molecule has 96 valence electrons. The molecule has 0 unspecified atom stereocenters. The lowest BCUT2D eigenvalue weighted by Crippen LogP contribution is -2.16. The first-order valence-corrected chi connectivity index (χ1v) is 6.28. The summed E-state index contributed by atoms with van der Waals surface area (Å²) in [5.74, 6) is 0.240. The largest absolute Gasteiger partial charge is 0.508 e. The molecule has 0 radical (unpaired) electrons. The average molecular weight is 266 g/mol. The van der Waals surface area contributed by atoms with Crippen molar-refractivity contribution in [1.29, 1.82) is 0 Å². The summed E-state index contributed by atoms with van der Waals surface area (Å²) in [6, 6.07) is 5.17. The van der Waals surface area contributed by atoms with E-state index in [0.29, 0.717) is 11.6 Å². The second kappa shape index (κ2) is 6.42. The van der Waals surface area contributed by atoms with E-state index in [9.17, 15) is 5.11 Å². The Bertz CT molecular complexity index is 465. The number of phenolic OH excluding ortho intramolecular Hbond substituents is 1. The van der Waals surface area contributed by atoms with Crippen molar-refractivity contribution in [2.45, 2.75) is 19.5 Å². The molecular formula is C13H16ClN3O. The number of halogens is 1. The van der Waals surface area contributed by atoms with Crippen LogP contribution in [0.4, 0.5) is 0 Å². The molecule has 2 aromatic rings. The predicted molar refractivity (Wildman–Crippen MR) is 71.7 cm³/mol. The Hall–Kier alpha value is -1.52. The minimum Gasteiger partial charge on any atom is -0.508 e. The summed E-state index contributed by atoms with van der Waals surface area (Å²) in [4.78, 5) is 3.98. The lowest BCUT2D eigenvalue weighted by molar-refractivity contribution is 0.463. The van der Waals surface area contributed by atoms with Gasteiger partial charge in [0, 0.05) is 36.1 Å². The van der Waals surface area contributed by atoms with E-state index in [1.165, 1.54) is 0 Å². The van der Waals surface area contributed by atoms with Gasteiger partial charge in [0.1, 0.15) is 5.75 Å². The smallest absolute Gasteiger partial charge is 0.121 e. The Morgan fingerprint density at radius 1 is 1.39 bits per heavy atom. The molecule has 0 saturated heterocycles. The van der Waals surface area contributed by atoms with E-state index >= 15 is 0 Å². The normalized spacial score (nSPS) is 10.7. The zero-order chi connectivity index (χ0) is 12.8. The molecule has 1 aromatic carbocycles. The maximum Gasteiger partial charge on any atom is 0.121 e. The summed E-state index contributed by atoms with van der Waals surface area (Å²) in [6.45, 7) is 2.37. The van der Waals surface area contributed by atoms with Crippen molar-refractivity contribution in [3.63, 3.8) is 0 Å². The fourth-order valence-electron chi connectivity index (χ4n) is 1.74. The first-order chi connectivity index (χ1) is 8.77. The van der Waals surface area contributed by atoms with Crippen molar-refractivity contribution in [1.82, 2.24) is 14.9 Å². The molecule has 2 rings (SSSR count). The van der Waals surface area contributed by atoms with Crippen LogP contribution in [0.1, 0.15) is 12.0 Å². The molecule has 18 heavy (non-hydrogen) atoms. The molecule has 1 aromatic heterocycles. The maximum absolute atomic E-state index is 9.66. The number of hydrogen-bond donors (Lipinski definition) is 2. The van der Waals surface area contributed by atoms with Gasteiger partial charge in [-0.1, -0.05) is 17.7 Å². The highest BCUT2D eigenvalue weighted by molar-refractivity contribution is 6.31. The first kappa shape index (κ1) is 12.9. The Labute approximate surface area is 111 Å². The number of hydrogen-bond acceptors (Lipinski definition) is 3. The summed E-state index contributed by atoms with van der Waals surface area (Å²) < 4.78 is 2.04. The van der Waals surface area contributed by atoms with Gasteiger partial charge in [-0.05, 0) is 25.1 Å². The van der Waals surface area contributed by atoms with Gasteiger partial charge >= 0.3 is 0 Å². The molecule has 5 heteroatoms. The summed E-state index contributed by atoms with van der Waals surface area (Å²) in [5, 5.41) is 13.5. The van der Waals surface area contributed by atoms with Crippen LogP contribution in [-0.4, -0.2) is 21.2 Å². The summed E-state index contributed by atoms with van der Waals surface area (Å²) >= 11 is 6.01. The predicted octanol–water partition coefficient (Wildman–Crippen LogP) is 2.42. The third-order valence-electron chi connectivity index (χ3n) is 2.72. The summed E-state index contributed by atoms with van der Waals surface area (Å²) in [6.07, 6.45) is 6.52. The van der Waals surface area contributed by atoms with Gasteiger partial charge < -0.3 is 15.0 Å². The number of nitrogens with zero attached hydrogens (tertiary/aromatic N) is 2. The van der Waals surface area contributed by atoms with Crippen molar-refractivity contribution in [2.75, 3.05) is 6.54 Å². The molecule has 0 amide bonds. The van der Waals surface area contributed by atoms with E-state index in [1.807, 2.05) is 10.8 Å². The van der Waals surface area contributed by atoms with Crippen LogP contribution in [0.2, 0.25) is 5.02 Å². The molecule has 0 atom stereocenters. The van der Waals surface area contributed by atoms with Crippen molar-refractivity contribution < 1.29 is 5.11 Å². The van der Waals surface area contributed by atoms with Crippen LogP contribution < -0.4 is 5.32 Å². The zero-order valence-corrected chi connectivity index (χ0v) is 10.8. The van der Waals surface area contributed by atoms with E-state index < -0.39 is 0 Å². The summed E-state index contributed by atoms with van der Waals surface area (Å²) in [7, 11) is 0. The van der Waals surface area contributed by atoms with Crippen LogP contribution in [-0.2, 0) is 13.1 Å². The number of rotatable bonds is 6. The van der Waals surface area contributed by atoms with Crippen molar-refractivity contribution in [3.8, 4) is 5.75 Å². The molecule has 0 fully saturated rings. The van der Waals surface area contributed by atoms with Crippen LogP contribution in [0.15, 0.2) is 36.9 Å². The van der Waals surface area contributed by atoms with Gasteiger partial charge in [0.2, 0.25) is 0 Å². The van der Waals surface area contributed by atoms with Crippen LogP contribution in [0.5, 0.6) is 5.75 Å². The Balaban J connectivity index is 1.72. The molecule has 1 heterocycles. The molecule has 0 spiro atoms. The van der Waals surface area contributed by atoms with Gasteiger partial charge in [0.25, 0.3) is 0 Å². The molecular weight excluding hydrogens is 250 g/mol. The molecule has 0 bridgehead atoms. The number of imidazole rings is 1. The van der Waals surface area contributed by atoms with E-state index in [-0.39, 0.29) is 5.75 Å².